The Morgan fingerprint density at radius 2 is 1.90 bits per heavy atom. The van der Waals surface area contributed by atoms with E-state index < -0.39 is 16.9 Å². The van der Waals surface area contributed by atoms with E-state index in [9.17, 15) is 19.7 Å². The first-order valence-corrected chi connectivity index (χ1v) is 10.3. The minimum absolute atomic E-state index is 0.0337. The number of hydrogen-bond donors (Lipinski definition) is 0. The van der Waals surface area contributed by atoms with Gasteiger partial charge in [0.2, 0.25) is 0 Å². The van der Waals surface area contributed by atoms with Crippen molar-refractivity contribution in [2.45, 2.75) is 19.6 Å². The molecule has 156 valence electrons. The fourth-order valence-electron chi connectivity index (χ4n) is 3.16. The SMILES string of the molecule is CC(C(=O)OCc1ccccc1)n1cnc2scc(-c3ccc([N+](=O)[O-])cc3)c2c1=O. The van der Waals surface area contributed by atoms with Crippen molar-refractivity contribution in [3.05, 3.63) is 92.3 Å². The zero-order valence-corrected chi connectivity index (χ0v) is 17.2. The minimum Gasteiger partial charge on any atom is -0.459 e. The molecule has 1 unspecified atom stereocenters. The first-order chi connectivity index (χ1) is 15.0. The van der Waals surface area contributed by atoms with Crippen LogP contribution in [0.15, 0.2) is 71.1 Å². The molecule has 0 aliphatic rings. The van der Waals surface area contributed by atoms with E-state index in [2.05, 4.69) is 4.98 Å². The number of rotatable bonds is 6. The molecular weight excluding hydrogens is 418 g/mol. The standard InChI is InChI=1S/C22H17N3O5S/c1-14(22(27)30-11-15-5-3-2-4-6-15)24-13-23-20-19(21(24)26)18(12-31-20)16-7-9-17(10-8-16)25(28)29/h2-10,12-14H,11H2,1H3. The van der Waals surface area contributed by atoms with E-state index in [1.165, 1.54) is 34.4 Å². The summed E-state index contributed by atoms with van der Waals surface area (Å²) in [7, 11) is 0. The first-order valence-electron chi connectivity index (χ1n) is 9.39. The Labute approximate surface area is 180 Å². The number of nitrogens with zero attached hydrogens (tertiary/aromatic N) is 3. The predicted octanol–water partition coefficient (Wildman–Crippen LogP) is 4.34. The highest BCUT2D eigenvalue weighted by Gasteiger charge is 2.21. The molecule has 2 aromatic heterocycles. The number of aromatic nitrogens is 2. The van der Waals surface area contributed by atoms with Crippen molar-refractivity contribution < 1.29 is 14.5 Å². The summed E-state index contributed by atoms with van der Waals surface area (Å²) in [5, 5.41) is 13.0. The van der Waals surface area contributed by atoms with E-state index in [0.29, 0.717) is 21.3 Å². The molecule has 4 aromatic rings. The van der Waals surface area contributed by atoms with E-state index in [-0.39, 0.29) is 17.9 Å². The van der Waals surface area contributed by atoms with Gasteiger partial charge in [0.1, 0.15) is 17.5 Å². The predicted molar refractivity (Wildman–Crippen MR) is 117 cm³/mol. The molecule has 1 atom stereocenters. The molecule has 0 N–H and O–H groups in total. The average molecular weight is 435 g/mol. The van der Waals surface area contributed by atoms with Crippen molar-refractivity contribution in [1.82, 2.24) is 9.55 Å². The van der Waals surface area contributed by atoms with Crippen LogP contribution in [0.5, 0.6) is 0 Å². The van der Waals surface area contributed by atoms with Crippen LogP contribution in [0.1, 0.15) is 18.5 Å². The molecule has 0 radical (unpaired) electrons. The van der Waals surface area contributed by atoms with Crippen LogP contribution >= 0.6 is 11.3 Å². The van der Waals surface area contributed by atoms with Crippen LogP contribution in [0, 0.1) is 10.1 Å². The van der Waals surface area contributed by atoms with Gasteiger partial charge < -0.3 is 4.74 Å². The molecule has 8 nitrogen and oxygen atoms in total. The van der Waals surface area contributed by atoms with Gasteiger partial charge in [-0.2, -0.15) is 0 Å². The number of esters is 1. The van der Waals surface area contributed by atoms with E-state index >= 15 is 0 Å². The maximum Gasteiger partial charge on any atom is 0.329 e. The van der Waals surface area contributed by atoms with Gasteiger partial charge >= 0.3 is 5.97 Å². The number of ether oxygens (including phenoxy) is 1. The number of hydrogen-bond acceptors (Lipinski definition) is 7. The van der Waals surface area contributed by atoms with E-state index in [1.54, 1.807) is 24.4 Å². The summed E-state index contributed by atoms with van der Waals surface area (Å²) >= 11 is 1.30. The van der Waals surface area contributed by atoms with Gasteiger partial charge in [-0.25, -0.2) is 9.78 Å². The smallest absolute Gasteiger partial charge is 0.329 e. The van der Waals surface area contributed by atoms with Crippen LogP contribution < -0.4 is 5.56 Å². The van der Waals surface area contributed by atoms with E-state index in [1.807, 2.05) is 30.3 Å². The molecule has 0 aliphatic heterocycles. The summed E-state index contributed by atoms with van der Waals surface area (Å²) in [5.41, 5.74) is 1.72. The molecule has 0 saturated heterocycles. The van der Waals surface area contributed by atoms with Crippen molar-refractivity contribution in [1.29, 1.82) is 0 Å². The molecule has 0 amide bonds. The van der Waals surface area contributed by atoms with E-state index in [4.69, 9.17) is 4.74 Å². The first kappa shape index (κ1) is 20.4. The van der Waals surface area contributed by atoms with Gasteiger partial charge in [-0.05, 0) is 30.2 Å². The second-order valence-electron chi connectivity index (χ2n) is 6.86. The molecule has 9 heteroatoms. The lowest BCUT2D eigenvalue weighted by molar-refractivity contribution is -0.384. The zero-order valence-electron chi connectivity index (χ0n) is 16.4. The normalized spacial score (nSPS) is 11.9. The molecule has 2 heterocycles. The molecule has 31 heavy (non-hydrogen) atoms. The summed E-state index contributed by atoms with van der Waals surface area (Å²) in [6, 6.07) is 14.4. The lowest BCUT2D eigenvalue weighted by Crippen LogP contribution is -2.29. The number of thiophene rings is 1. The number of carbonyl (C=O) groups is 1. The molecule has 0 spiro atoms. The molecule has 0 fully saturated rings. The highest BCUT2D eigenvalue weighted by molar-refractivity contribution is 7.17. The quantitative estimate of drug-likeness (QED) is 0.253. The molecule has 2 aromatic carbocycles. The lowest BCUT2D eigenvalue weighted by Gasteiger charge is -2.14. The molecule has 0 saturated carbocycles. The second-order valence-corrected chi connectivity index (χ2v) is 7.72. The molecular formula is C22H17N3O5S. The zero-order chi connectivity index (χ0) is 22.0. The van der Waals surface area contributed by atoms with Crippen LogP contribution in [-0.2, 0) is 16.1 Å². The van der Waals surface area contributed by atoms with Crippen molar-refractivity contribution in [2.24, 2.45) is 0 Å². The van der Waals surface area contributed by atoms with Gasteiger partial charge in [-0.1, -0.05) is 30.3 Å². The second kappa shape index (κ2) is 8.49. The largest absolute Gasteiger partial charge is 0.459 e. The molecule has 0 aliphatic carbocycles. The number of non-ortho nitro benzene ring substituents is 1. The number of nitro groups is 1. The Balaban J connectivity index is 1.64. The van der Waals surface area contributed by atoms with Crippen LogP contribution in [0.2, 0.25) is 0 Å². The summed E-state index contributed by atoms with van der Waals surface area (Å²) in [5.74, 6) is -0.542. The van der Waals surface area contributed by atoms with E-state index in [0.717, 1.165) is 5.56 Å². The van der Waals surface area contributed by atoms with Crippen LogP contribution in [-0.4, -0.2) is 20.4 Å². The van der Waals surface area contributed by atoms with Gasteiger partial charge in [-0.15, -0.1) is 11.3 Å². The maximum absolute atomic E-state index is 13.2. The van der Waals surface area contributed by atoms with Crippen molar-refractivity contribution in [3.8, 4) is 11.1 Å². The van der Waals surface area contributed by atoms with Gasteiger partial charge in [0.15, 0.2) is 0 Å². The Morgan fingerprint density at radius 3 is 2.58 bits per heavy atom. The molecule has 4 rings (SSSR count). The molecule has 0 bridgehead atoms. The number of benzene rings is 2. The Bertz CT molecular complexity index is 1310. The van der Waals surface area contributed by atoms with Crippen molar-refractivity contribution in [3.63, 3.8) is 0 Å². The number of carbonyl (C=O) groups excluding carboxylic acids is 1. The third-order valence-corrected chi connectivity index (χ3v) is 5.78. The summed E-state index contributed by atoms with van der Waals surface area (Å²) in [6.45, 7) is 1.70. The van der Waals surface area contributed by atoms with Gasteiger partial charge in [0.25, 0.3) is 11.2 Å². The van der Waals surface area contributed by atoms with Crippen LogP contribution in [0.25, 0.3) is 21.3 Å². The summed E-state index contributed by atoms with van der Waals surface area (Å²) in [6.07, 6.45) is 1.34. The van der Waals surface area contributed by atoms with Crippen molar-refractivity contribution in [2.75, 3.05) is 0 Å². The third-order valence-electron chi connectivity index (χ3n) is 4.89. The monoisotopic (exact) mass is 435 g/mol. The lowest BCUT2D eigenvalue weighted by atomic mass is 10.1. The topological polar surface area (TPSA) is 104 Å². The van der Waals surface area contributed by atoms with Gasteiger partial charge in [0, 0.05) is 23.1 Å². The Hall–Kier alpha value is -3.85. The number of fused-ring (bicyclic) bond motifs is 1. The highest BCUT2D eigenvalue weighted by Crippen LogP contribution is 2.31. The van der Waals surface area contributed by atoms with Gasteiger partial charge in [-0.3, -0.25) is 19.5 Å². The average Bonchev–Trinajstić information content (AvgIpc) is 3.23. The van der Waals surface area contributed by atoms with Crippen LogP contribution in [0.3, 0.4) is 0 Å². The van der Waals surface area contributed by atoms with Gasteiger partial charge in [0.05, 0.1) is 16.6 Å². The third kappa shape index (κ3) is 4.08. The Kier molecular flexibility index (Phi) is 5.59. The Morgan fingerprint density at radius 1 is 1.19 bits per heavy atom. The van der Waals surface area contributed by atoms with Crippen molar-refractivity contribution >= 4 is 33.2 Å². The summed E-state index contributed by atoms with van der Waals surface area (Å²) in [4.78, 5) is 41.0. The maximum atomic E-state index is 13.2. The highest BCUT2D eigenvalue weighted by atomic mass is 32.1. The van der Waals surface area contributed by atoms with Crippen LogP contribution in [0.4, 0.5) is 5.69 Å². The minimum atomic E-state index is -0.863. The number of nitro benzene ring substituents is 1. The fraction of sp³-hybridized carbons (Fsp3) is 0.136. The summed E-state index contributed by atoms with van der Waals surface area (Å²) < 4.78 is 6.60. The fourth-order valence-corrected chi connectivity index (χ4v) is 4.07.